The summed E-state index contributed by atoms with van der Waals surface area (Å²) in [5.41, 5.74) is -2.97. The number of alkyl halides is 3. The Morgan fingerprint density at radius 3 is 1.93 bits per heavy atom. The maximum Gasteiger partial charge on any atom is 0.416 e. The van der Waals surface area contributed by atoms with Crippen molar-refractivity contribution in [2.45, 2.75) is 58.9 Å². The molecular weight excluding hydrogens is 534 g/mol. The van der Waals surface area contributed by atoms with Crippen molar-refractivity contribution in [2.75, 3.05) is 31.5 Å². The van der Waals surface area contributed by atoms with Crippen LogP contribution in [0.5, 0.6) is 0 Å². The lowest BCUT2D eigenvalue weighted by atomic mass is 9.98. The molecule has 2 aromatic rings. The fraction of sp³-hybridized carbons (Fsp3) is 0.464. The Hall–Kier alpha value is -3.83. The maximum atomic E-state index is 14.7. The number of carbonyl (C=O) groups is 3. The number of hydrogen-bond donors (Lipinski definition) is 1. The normalized spacial score (nSPS) is 14.6. The molecule has 0 atom stereocenters. The van der Waals surface area contributed by atoms with Crippen molar-refractivity contribution in [2.24, 2.45) is 0 Å². The van der Waals surface area contributed by atoms with Crippen LogP contribution >= 0.6 is 0 Å². The van der Waals surface area contributed by atoms with Gasteiger partial charge in [0.2, 0.25) is 0 Å². The maximum absolute atomic E-state index is 14.7. The summed E-state index contributed by atoms with van der Waals surface area (Å²) in [5, 5.41) is 2.50. The number of piperazine rings is 1. The minimum Gasteiger partial charge on any atom is -0.444 e. The second kappa shape index (κ2) is 11.3. The molecule has 12 heteroatoms. The van der Waals surface area contributed by atoms with Crippen LogP contribution in [0, 0.1) is 5.82 Å². The molecule has 2 aromatic carbocycles. The highest BCUT2D eigenvalue weighted by Gasteiger charge is 2.32. The first kappa shape index (κ1) is 30.7. The zero-order chi connectivity index (χ0) is 30.0. The zero-order valence-electron chi connectivity index (χ0n) is 23.2. The van der Waals surface area contributed by atoms with Gasteiger partial charge in [-0.15, -0.1) is 0 Å². The van der Waals surface area contributed by atoms with Crippen LogP contribution in [0.25, 0.3) is 11.1 Å². The van der Waals surface area contributed by atoms with E-state index in [4.69, 9.17) is 9.47 Å². The van der Waals surface area contributed by atoms with Crippen molar-refractivity contribution in [3.05, 3.63) is 53.3 Å². The number of anilines is 1. The smallest absolute Gasteiger partial charge is 0.416 e. The summed E-state index contributed by atoms with van der Waals surface area (Å²) in [6.45, 7) is 10.8. The van der Waals surface area contributed by atoms with Crippen LogP contribution < -0.4 is 5.32 Å². The molecule has 1 heterocycles. The molecule has 0 aromatic heterocycles. The summed E-state index contributed by atoms with van der Waals surface area (Å²) in [6, 6.07) is 5.86. The summed E-state index contributed by atoms with van der Waals surface area (Å²) in [6.07, 6.45) is -6.07. The average Bonchev–Trinajstić information content (AvgIpc) is 2.81. The van der Waals surface area contributed by atoms with Crippen molar-refractivity contribution >= 4 is 23.8 Å². The van der Waals surface area contributed by atoms with Gasteiger partial charge in [0.05, 0.1) is 16.8 Å². The van der Waals surface area contributed by atoms with Gasteiger partial charge in [0, 0.05) is 31.7 Å². The Morgan fingerprint density at radius 2 is 1.38 bits per heavy atom. The van der Waals surface area contributed by atoms with E-state index < -0.39 is 46.9 Å². The largest absolute Gasteiger partial charge is 0.444 e. The molecule has 0 bridgehead atoms. The number of halogens is 4. The Morgan fingerprint density at radius 1 is 0.800 bits per heavy atom. The third-order valence-corrected chi connectivity index (χ3v) is 5.71. The van der Waals surface area contributed by atoms with E-state index in [9.17, 15) is 31.9 Å². The first-order valence-electron chi connectivity index (χ1n) is 12.6. The van der Waals surface area contributed by atoms with Crippen LogP contribution in [0.3, 0.4) is 0 Å². The lowest BCUT2D eigenvalue weighted by Crippen LogP contribution is -2.51. The lowest BCUT2D eigenvalue weighted by Gasteiger charge is -2.36. The molecule has 40 heavy (non-hydrogen) atoms. The number of rotatable bonds is 3. The number of carbonyl (C=O) groups excluding carboxylic acids is 3. The van der Waals surface area contributed by atoms with Gasteiger partial charge in [0.25, 0.3) is 5.91 Å². The van der Waals surface area contributed by atoms with Gasteiger partial charge < -0.3 is 19.3 Å². The topological polar surface area (TPSA) is 88.2 Å². The molecule has 0 aliphatic carbocycles. The van der Waals surface area contributed by atoms with Crippen LogP contribution in [-0.2, 0) is 15.7 Å². The standard InChI is InChI=1S/C28H33F4N3O5/c1-26(2,3)39-24(37)33-22-10-7-17(19-16-18(28(30,31)32)8-9-21(19)29)15-20(22)23(36)34-11-13-35(14-12-34)25(38)40-27(4,5)6/h7-10,15-16H,11-14H2,1-6H3,(H,33,37). The predicted molar refractivity (Wildman–Crippen MR) is 140 cm³/mol. The van der Waals surface area contributed by atoms with Crippen molar-refractivity contribution in [1.29, 1.82) is 0 Å². The SMILES string of the molecule is CC(C)(C)OC(=O)Nc1ccc(-c2cc(C(F)(F)F)ccc2F)cc1C(=O)N1CCN(C(=O)OC(C)(C)C)CC1. The molecule has 0 radical (unpaired) electrons. The molecule has 3 amide bonds. The molecule has 3 rings (SSSR count). The van der Waals surface area contributed by atoms with Gasteiger partial charge in [-0.3, -0.25) is 10.1 Å². The Labute approximate surface area is 230 Å². The number of benzene rings is 2. The molecular formula is C28H33F4N3O5. The fourth-order valence-corrected chi connectivity index (χ4v) is 3.92. The van der Waals surface area contributed by atoms with Gasteiger partial charge in [-0.25, -0.2) is 14.0 Å². The van der Waals surface area contributed by atoms with E-state index in [0.29, 0.717) is 18.2 Å². The number of nitrogens with zero attached hydrogens (tertiary/aromatic N) is 2. The molecule has 1 N–H and O–H groups in total. The predicted octanol–water partition coefficient (Wildman–Crippen LogP) is 6.55. The Kier molecular flexibility index (Phi) is 8.71. The molecule has 0 unspecified atom stereocenters. The van der Waals surface area contributed by atoms with Gasteiger partial charge in [-0.05, 0) is 77.4 Å². The second-order valence-electron chi connectivity index (χ2n) is 11.3. The van der Waals surface area contributed by atoms with Crippen molar-refractivity contribution in [1.82, 2.24) is 9.80 Å². The van der Waals surface area contributed by atoms with E-state index in [0.717, 1.165) is 0 Å². The van der Waals surface area contributed by atoms with Crippen molar-refractivity contribution in [3.63, 3.8) is 0 Å². The quantitative estimate of drug-likeness (QED) is 0.425. The van der Waals surface area contributed by atoms with Gasteiger partial charge >= 0.3 is 18.4 Å². The summed E-state index contributed by atoms with van der Waals surface area (Å²) < 4.78 is 65.2. The first-order chi connectivity index (χ1) is 18.3. The molecule has 0 saturated carbocycles. The third-order valence-electron chi connectivity index (χ3n) is 5.71. The van der Waals surface area contributed by atoms with E-state index in [2.05, 4.69) is 5.32 Å². The number of amides is 3. The Balaban J connectivity index is 1.94. The van der Waals surface area contributed by atoms with E-state index in [1.54, 1.807) is 41.5 Å². The summed E-state index contributed by atoms with van der Waals surface area (Å²) in [4.78, 5) is 41.4. The Bertz CT molecular complexity index is 1270. The highest BCUT2D eigenvalue weighted by Crippen LogP contribution is 2.35. The van der Waals surface area contributed by atoms with Crippen LogP contribution in [-0.4, -0.2) is 65.3 Å². The van der Waals surface area contributed by atoms with Crippen LogP contribution in [0.15, 0.2) is 36.4 Å². The fourth-order valence-electron chi connectivity index (χ4n) is 3.92. The van der Waals surface area contributed by atoms with Crippen LogP contribution in [0.2, 0.25) is 0 Å². The molecule has 8 nitrogen and oxygen atoms in total. The van der Waals surface area contributed by atoms with Crippen molar-refractivity contribution < 1.29 is 41.4 Å². The van der Waals surface area contributed by atoms with E-state index >= 15 is 0 Å². The minimum absolute atomic E-state index is 0.00841. The molecule has 1 aliphatic rings. The second-order valence-corrected chi connectivity index (χ2v) is 11.3. The van der Waals surface area contributed by atoms with Gasteiger partial charge in [0.1, 0.15) is 17.0 Å². The third kappa shape index (κ3) is 8.09. The molecule has 218 valence electrons. The highest BCUT2D eigenvalue weighted by molar-refractivity contribution is 6.04. The van der Waals surface area contributed by atoms with Gasteiger partial charge in [0.15, 0.2) is 0 Å². The molecule has 1 aliphatic heterocycles. The number of nitrogens with one attached hydrogen (secondary N) is 1. The monoisotopic (exact) mass is 567 g/mol. The lowest BCUT2D eigenvalue weighted by molar-refractivity contribution is -0.137. The van der Waals surface area contributed by atoms with Gasteiger partial charge in [-0.2, -0.15) is 13.2 Å². The number of ether oxygens (including phenoxy) is 2. The van der Waals surface area contributed by atoms with E-state index in [1.807, 2.05) is 0 Å². The first-order valence-corrected chi connectivity index (χ1v) is 12.6. The van der Waals surface area contributed by atoms with E-state index in [1.165, 1.54) is 28.0 Å². The highest BCUT2D eigenvalue weighted by atomic mass is 19.4. The average molecular weight is 568 g/mol. The zero-order valence-corrected chi connectivity index (χ0v) is 23.2. The minimum atomic E-state index is -4.70. The summed E-state index contributed by atoms with van der Waals surface area (Å²) in [7, 11) is 0. The molecule has 1 fully saturated rings. The molecule has 0 spiro atoms. The number of hydrogen-bond acceptors (Lipinski definition) is 5. The van der Waals surface area contributed by atoms with Crippen molar-refractivity contribution in [3.8, 4) is 11.1 Å². The van der Waals surface area contributed by atoms with E-state index in [-0.39, 0.29) is 48.6 Å². The molecule has 1 saturated heterocycles. The van der Waals surface area contributed by atoms with Crippen LogP contribution in [0.4, 0.5) is 32.8 Å². The van der Waals surface area contributed by atoms with Crippen LogP contribution in [0.1, 0.15) is 57.5 Å². The summed E-state index contributed by atoms with van der Waals surface area (Å²) in [5.74, 6) is -1.48. The van der Waals surface area contributed by atoms with Gasteiger partial charge in [-0.1, -0.05) is 6.07 Å². The summed E-state index contributed by atoms with van der Waals surface area (Å²) >= 11 is 0.